The lowest BCUT2D eigenvalue weighted by Crippen LogP contribution is -2.13. The third kappa shape index (κ3) is 6.34. The largest absolute Gasteiger partial charge is 0.490 e. The molecule has 0 atom stereocenters. The Morgan fingerprint density at radius 1 is 1.06 bits per heavy atom. The number of halogens is 1. The predicted octanol–water partition coefficient (Wildman–Crippen LogP) is 5.69. The lowest BCUT2D eigenvalue weighted by atomic mass is 10.1. The van der Waals surface area contributed by atoms with Gasteiger partial charge in [0.15, 0.2) is 11.5 Å². The lowest BCUT2D eigenvalue weighted by molar-refractivity contribution is -0.112. The standard InChI is InChI=1S/C26H20IN3O3/c1-2-32-24-14-18(12-21(16-29)26(31)30-22-10-4-3-5-11-22)13-23(27)25(24)33-17-20-9-7-6-8-19(20)15-28/h3-14H,2,17H2,1H3,(H,30,31)/b21-12+. The average Bonchev–Trinajstić information content (AvgIpc) is 2.83. The molecule has 0 heterocycles. The maximum absolute atomic E-state index is 12.5. The topological polar surface area (TPSA) is 95.1 Å². The maximum atomic E-state index is 12.5. The molecule has 3 aromatic rings. The predicted molar refractivity (Wildman–Crippen MR) is 134 cm³/mol. The van der Waals surface area contributed by atoms with Crippen LogP contribution in [0.25, 0.3) is 6.08 Å². The molecule has 0 bridgehead atoms. The summed E-state index contributed by atoms with van der Waals surface area (Å²) < 4.78 is 12.5. The first-order valence-corrected chi connectivity index (χ1v) is 11.2. The molecule has 0 fully saturated rings. The highest BCUT2D eigenvalue weighted by molar-refractivity contribution is 14.1. The molecule has 164 valence electrons. The minimum absolute atomic E-state index is 0.0336. The number of rotatable bonds is 8. The average molecular weight is 549 g/mol. The van der Waals surface area contributed by atoms with E-state index in [0.29, 0.717) is 34.9 Å². The van der Waals surface area contributed by atoms with Crippen LogP contribution in [-0.2, 0) is 11.4 Å². The maximum Gasteiger partial charge on any atom is 0.266 e. The molecule has 1 N–H and O–H groups in total. The molecule has 0 spiro atoms. The second-order valence-corrected chi connectivity index (χ2v) is 7.97. The number of ether oxygens (including phenoxy) is 2. The summed E-state index contributed by atoms with van der Waals surface area (Å²) in [6.45, 7) is 2.48. The zero-order valence-electron chi connectivity index (χ0n) is 17.8. The van der Waals surface area contributed by atoms with Crippen LogP contribution in [0.1, 0.15) is 23.6 Å². The highest BCUT2D eigenvalue weighted by atomic mass is 127. The van der Waals surface area contributed by atoms with Crippen LogP contribution in [0.2, 0.25) is 0 Å². The first kappa shape index (κ1) is 23.8. The minimum Gasteiger partial charge on any atom is -0.490 e. The lowest BCUT2D eigenvalue weighted by Gasteiger charge is -2.15. The normalized spacial score (nSPS) is 10.6. The summed E-state index contributed by atoms with van der Waals surface area (Å²) >= 11 is 2.12. The van der Waals surface area contributed by atoms with Crippen molar-refractivity contribution < 1.29 is 14.3 Å². The number of carbonyl (C=O) groups is 1. The molecule has 3 rings (SSSR count). The number of anilines is 1. The molecular weight excluding hydrogens is 529 g/mol. The molecule has 0 unspecified atom stereocenters. The third-order valence-corrected chi connectivity index (χ3v) is 5.35. The van der Waals surface area contributed by atoms with E-state index in [2.05, 4.69) is 34.0 Å². The molecule has 0 saturated carbocycles. The second kappa shape index (κ2) is 11.7. The molecule has 0 radical (unpaired) electrons. The summed E-state index contributed by atoms with van der Waals surface area (Å²) in [4.78, 5) is 12.5. The number of hydrogen-bond donors (Lipinski definition) is 1. The van der Waals surface area contributed by atoms with Crippen LogP contribution in [0, 0.1) is 26.2 Å². The van der Waals surface area contributed by atoms with Crippen molar-refractivity contribution in [2.45, 2.75) is 13.5 Å². The third-order valence-electron chi connectivity index (χ3n) is 4.55. The van der Waals surface area contributed by atoms with E-state index < -0.39 is 5.91 Å². The summed E-state index contributed by atoms with van der Waals surface area (Å²) in [6.07, 6.45) is 1.51. The van der Waals surface area contributed by atoms with E-state index in [-0.39, 0.29) is 12.2 Å². The van der Waals surface area contributed by atoms with Crippen molar-refractivity contribution in [3.05, 3.63) is 92.6 Å². The second-order valence-electron chi connectivity index (χ2n) is 6.81. The van der Waals surface area contributed by atoms with E-state index in [0.717, 1.165) is 9.13 Å². The van der Waals surface area contributed by atoms with Crippen LogP contribution in [0.15, 0.2) is 72.3 Å². The molecule has 0 aliphatic heterocycles. The van der Waals surface area contributed by atoms with Crippen LogP contribution < -0.4 is 14.8 Å². The van der Waals surface area contributed by atoms with Crippen molar-refractivity contribution in [1.29, 1.82) is 10.5 Å². The number of nitriles is 2. The van der Waals surface area contributed by atoms with Gasteiger partial charge < -0.3 is 14.8 Å². The van der Waals surface area contributed by atoms with E-state index in [1.807, 2.05) is 37.3 Å². The summed E-state index contributed by atoms with van der Waals surface area (Å²) in [5.41, 5.74) is 2.52. The van der Waals surface area contributed by atoms with Gasteiger partial charge in [-0.2, -0.15) is 10.5 Å². The van der Waals surface area contributed by atoms with Crippen molar-refractivity contribution >= 4 is 40.3 Å². The van der Waals surface area contributed by atoms with Gasteiger partial charge in [0, 0.05) is 11.3 Å². The van der Waals surface area contributed by atoms with Crippen molar-refractivity contribution in [1.82, 2.24) is 0 Å². The van der Waals surface area contributed by atoms with Crippen molar-refractivity contribution in [2.75, 3.05) is 11.9 Å². The fourth-order valence-electron chi connectivity index (χ4n) is 3.01. The SMILES string of the molecule is CCOc1cc(/C=C(\C#N)C(=O)Nc2ccccc2)cc(I)c1OCc1ccccc1C#N. The van der Waals surface area contributed by atoms with E-state index >= 15 is 0 Å². The van der Waals surface area contributed by atoms with Gasteiger partial charge in [0.25, 0.3) is 5.91 Å². The van der Waals surface area contributed by atoms with Gasteiger partial charge in [-0.3, -0.25) is 4.79 Å². The number of nitrogens with zero attached hydrogens (tertiary/aromatic N) is 2. The Labute approximate surface area is 206 Å². The minimum atomic E-state index is -0.495. The zero-order valence-corrected chi connectivity index (χ0v) is 20.0. The summed E-state index contributed by atoms with van der Waals surface area (Å²) in [7, 11) is 0. The Morgan fingerprint density at radius 2 is 1.79 bits per heavy atom. The van der Waals surface area contributed by atoms with E-state index in [1.165, 1.54) is 6.08 Å². The monoisotopic (exact) mass is 549 g/mol. The molecule has 0 aromatic heterocycles. The number of nitrogens with one attached hydrogen (secondary N) is 1. The molecule has 0 aliphatic rings. The summed E-state index contributed by atoms with van der Waals surface area (Å²) in [5, 5.41) is 21.5. The number of hydrogen-bond acceptors (Lipinski definition) is 5. The number of carbonyl (C=O) groups excluding carboxylic acids is 1. The quantitative estimate of drug-likeness (QED) is 0.222. The molecule has 7 heteroatoms. The Balaban J connectivity index is 1.87. The van der Waals surface area contributed by atoms with Crippen molar-refractivity contribution in [3.63, 3.8) is 0 Å². The van der Waals surface area contributed by atoms with Crippen molar-refractivity contribution in [3.8, 4) is 23.6 Å². The van der Waals surface area contributed by atoms with Gasteiger partial charge in [0.1, 0.15) is 18.2 Å². The van der Waals surface area contributed by atoms with Gasteiger partial charge in [-0.15, -0.1) is 0 Å². The summed E-state index contributed by atoms with van der Waals surface area (Å²) in [6, 6.07) is 23.8. The Bertz CT molecular complexity index is 1260. The van der Waals surface area contributed by atoms with Gasteiger partial charge in [-0.25, -0.2) is 0 Å². The fraction of sp³-hybridized carbons (Fsp3) is 0.115. The molecule has 0 saturated heterocycles. The highest BCUT2D eigenvalue weighted by Crippen LogP contribution is 2.35. The Kier molecular flexibility index (Phi) is 8.45. The van der Waals surface area contributed by atoms with E-state index in [1.54, 1.807) is 42.5 Å². The summed E-state index contributed by atoms with van der Waals surface area (Å²) in [5.74, 6) is 0.533. The van der Waals surface area contributed by atoms with Gasteiger partial charge >= 0.3 is 0 Å². The first-order chi connectivity index (χ1) is 16.0. The van der Waals surface area contributed by atoms with Crippen LogP contribution >= 0.6 is 22.6 Å². The van der Waals surface area contributed by atoms with E-state index in [4.69, 9.17) is 9.47 Å². The number of benzene rings is 3. The van der Waals surface area contributed by atoms with Crippen LogP contribution in [0.4, 0.5) is 5.69 Å². The van der Waals surface area contributed by atoms with Gasteiger partial charge in [0.2, 0.25) is 0 Å². The van der Waals surface area contributed by atoms with Gasteiger partial charge in [0.05, 0.1) is 21.8 Å². The molecule has 1 amide bonds. The molecule has 0 aliphatic carbocycles. The molecule has 33 heavy (non-hydrogen) atoms. The van der Waals surface area contributed by atoms with Crippen LogP contribution in [0.3, 0.4) is 0 Å². The highest BCUT2D eigenvalue weighted by Gasteiger charge is 2.15. The Hall–Kier alpha value is -3.82. The first-order valence-electron chi connectivity index (χ1n) is 10.1. The van der Waals surface area contributed by atoms with Gasteiger partial charge in [-0.1, -0.05) is 36.4 Å². The van der Waals surface area contributed by atoms with Crippen LogP contribution in [-0.4, -0.2) is 12.5 Å². The molecule has 3 aromatic carbocycles. The smallest absolute Gasteiger partial charge is 0.266 e. The molecular formula is C26H20IN3O3. The number of para-hydroxylation sites is 1. The van der Waals surface area contributed by atoms with E-state index in [9.17, 15) is 15.3 Å². The Morgan fingerprint density at radius 3 is 2.48 bits per heavy atom. The van der Waals surface area contributed by atoms with Gasteiger partial charge in [-0.05, 0) is 71.5 Å². The zero-order chi connectivity index (χ0) is 23.6. The fourth-order valence-corrected chi connectivity index (χ4v) is 3.80. The number of amides is 1. The van der Waals surface area contributed by atoms with Crippen molar-refractivity contribution in [2.24, 2.45) is 0 Å². The van der Waals surface area contributed by atoms with Crippen LogP contribution in [0.5, 0.6) is 11.5 Å². The molecule has 6 nitrogen and oxygen atoms in total.